The SMILES string of the molecule is NCC1COCCN1C(=O)NC1CCCCC1. The van der Waals surface area contributed by atoms with Gasteiger partial charge in [-0.2, -0.15) is 0 Å². The van der Waals surface area contributed by atoms with Gasteiger partial charge in [0, 0.05) is 19.1 Å². The summed E-state index contributed by atoms with van der Waals surface area (Å²) in [7, 11) is 0. The first-order valence-electron chi connectivity index (χ1n) is 6.66. The zero-order valence-electron chi connectivity index (χ0n) is 10.4. The van der Waals surface area contributed by atoms with Crippen molar-refractivity contribution >= 4 is 6.03 Å². The third-order valence-corrected chi connectivity index (χ3v) is 3.69. The second kappa shape index (κ2) is 6.21. The van der Waals surface area contributed by atoms with Gasteiger partial charge < -0.3 is 20.7 Å². The number of urea groups is 1. The van der Waals surface area contributed by atoms with Crippen LogP contribution in [-0.2, 0) is 4.74 Å². The summed E-state index contributed by atoms with van der Waals surface area (Å²) in [6.07, 6.45) is 5.99. The molecule has 2 amide bonds. The van der Waals surface area contributed by atoms with Gasteiger partial charge in [-0.05, 0) is 12.8 Å². The number of nitrogens with zero attached hydrogens (tertiary/aromatic N) is 1. The van der Waals surface area contributed by atoms with Crippen LogP contribution >= 0.6 is 0 Å². The quantitative estimate of drug-likeness (QED) is 0.747. The molecule has 2 rings (SSSR count). The Morgan fingerprint density at radius 1 is 1.35 bits per heavy atom. The van der Waals surface area contributed by atoms with Crippen LogP contribution in [-0.4, -0.2) is 49.3 Å². The molecule has 0 radical (unpaired) electrons. The van der Waals surface area contributed by atoms with Gasteiger partial charge in [-0.25, -0.2) is 4.79 Å². The Morgan fingerprint density at radius 3 is 2.82 bits per heavy atom. The number of carbonyl (C=O) groups excluding carboxylic acids is 1. The number of hydrogen-bond acceptors (Lipinski definition) is 3. The smallest absolute Gasteiger partial charge is 0.318 e. The zero-order valence-corrected chi connectivity index (χ0v) is 10.4. The number of nitrogens with one attached hydrogen (secondary N) is 1. The summed E-state index contributed by atoms with van der Waals surface area (Å²) >= 11 is 0. The van der Waals surface area contributed by atoms with Crippen LogP contribution in [0.1, 0.15) is 32.1 Å². The minimum absolute atomic E-state index is 0.0346. The molecular formula is C12H23N3O2. The van der Waals surface area contributed by atoms with Crippen LogP contribution in [0.15, 0.2) is 0 Å². The lowest BCUT2D eigenvalue weighted by atomic mass is 9.96. The first kappa shape index (κ1) is 12.6. The van der Waals surface area contributed by atoms with Gasteiger partial charge in [-0.1, -0.05) is 19.3 Å². The fraction of sp³-hybridized carbons (Fsp3) is 0.917. The van der Waals surface area contributed by atoms with Crippen molar-refractivity contribution in [2.24, 2.45) is 5.73 Å². The molecule has 5 heteroatoms. The lowest BCUT2D eigenvalue weighted by molar-refractivity contribution is 0.0148. The maximum Gasteiger partial charge on any atom is 0.318 e. The van der Waals surface area contributed by atoms with Gasteiger partial charge in [0.05, 0.1) is 19.3 Å². The minimum Gasteiger partial charge on any atom is -0.377 e. The predicted molar refractivity (Wildman–Crippen MR) is 65.8 cm³/mol. The summed E-state index contributed by atoms with van der Waals surface area (Å²) in [5.41, 5.74) is 5.66. The Kier molecular flexibility index (Phi) is 4.62. The van der Waals surface area contributed by atoms with E-state index in [9.17, 15) is 4.79 Å². The van der Waals surface area contributed by atoms with E-state index in [1.807, 2.05) is 4.90 Å². The summed E-state index contributed by atoms with van der Waals surface area (Å²) in [4.78, 5) is 14.0. The summed E-state index contributed by atoms with van der Waals surface area (Å²) in [6.45, 7) is 2.31. The highest BCUT2D eigenvalue weighted by atomic mass is 16.5. The van der Waals surface area contributed by atoms with E-state index in [4.69, 9.17) is 10.5 Å². The minimum atomic E-state index is 0.0346. The van der Waals surface area contributed by atoms with E-state index in [-0.39, 0.29) is 12.1 Å². The lowest BCUT2D eigenvalue weighted by Gasteiger charge is -2.36. The second-order valence-electron chi connectivity index (χ2n) is 4.94. The Morgan fingerprint density at radius 2 is 2.12 bits per heavy atom. The van der Waals surface area contributed by atoms with E-state index in [1.54, 1.807) is 0 Å². The summed E-state index contributed by atoms with van der Waals surface area (Å²) < 4.78 is 5.34. The highest BCUT2D eigenvalue weighted by molar-refractivity contribution is 5.75. The molecular weight excluding hydrogens is 218 g/mol. The Bertz CT molecular complexity index is 254. The molecule has 1 saturated heterocycles. The molecule has 1 unspecified atom stereocenters. The standard InChI is InChI=1S/C12H23N3O2/c13-8-11-9-17-7-6-15(11)12(16)14-10-4-2-1-3-5-10/h10-11H,1-9,13H2,(H,14,16). The summed E-state index contributed by atoms with van der Waals surface area (Å²) in [5, 5.41) is 3.13. The Labute approximate surface area is 103 Å². The topological polar surface area (TPSA) is 67.6 Å². The molecule has 0 aromatic carbocycles. The molecule has 98 valence electrons. The first-order chi connectivity index (χ1) is 8.31. The average Bonchev–Trinajstić information content (AvgIpc) is 2.40. The number of carbonyl (C=O) groups is 1. The third kappa shape index (κ3) is 3.33. The van der Waals surface area contributed by atoms with Gasteiger partial charge in [-0.3, -0.25) is 0 Å². The number of ether oxygens (including phenoxy) is 1. The maximum atomic E-state index is 12.1. The highest BCUT2D eigenvalue weighted by Crippen LogP contribution is 2.18. The number of morpholine rings is 1. The molecule has 1 saturated carbocycles. The van der Waals surface area contributed by atoms with E-state index in [0.29, 0.717) is 32.3 Å². The number of hydrogen-bond donors (Lipinski definition) is 2. The van der Waals surface area contributed by atoms with Crippen molar-refractivity contribution in [2.75, 3.05) is 26.3 Å². The van der Waals surface area contributed by atoms with Crippen molar-refractivity contribution in [1.82, 2.24) is 10.2 Å². The van der Waals surface area contributed by atoms with Crippen molar-refractivity contribution in [3.05, 3.63) is 0 Å². The molecule has 17 heavy (non-hydrogen) atoms. The molecule has 1 atom stereocenters. The van der Waals surface area contributed by atoms with Crippen LogP contribution in [0.3, 0.4) is 0 Å². The van der Waals surface area contributed by atoms with Gasteiger partial charge in [0.1, 0.15) is 0 Å². The van der Waals surface area contributed by atoms with Gasteiger partial charge in [-0.15, -0.1) is 0 Å². The number of nitrogens with two attached hydrogens (primary N) is 1. The molecule has 2 fully saturated rings. The van der Waals surface area contributed by atoms with Gasteiger partial charge in [0.2, 0.25) is 0 Å². The molecule has 0 spiro atoms. The predicted octanol–water partition coefficient (Wildman–Crippen LogP) is 0.688. The van der Waals surface area contributed by atoms with Crippen LogP contribution in [0, 0.1) is 0 Å². The summed E-state index contributed by atoms with van der Waals surface area (Å²) in [5.74, 6) is 0. The molecule has 1 aliphatic heterocycles. The van der Waals surface area contributed by atoms with E-state index in [2.05, 4.69) is 5.32 Å². The van der Waals surface area contributed by atoms with Crippen molar-refractivity contribution in [3.8, 4) is 0 Å². The van der Waals surface area contributed by atoms with Crippen LogP contribution in [0.25, 0.3) is 0 Å². The van der Waals surface area contributed by atoms with Crippen molar-refractivity contribution < 1.29 is 9.53 Å². The second-order valence-corrected chi connectivity index (χ2v) is 4.94. The normalized spacial score (nSPS) is 26.9. The molecule has 5 nitrogen and oxygen atoms in total. The number of amides is 2. The van der Waals surface area contributed by atoms with Gasteiger partial charge >= 0.3 is 6.03 Å². The molecule has 1 heterocycles. The number of rotatable bonds is 2. The van der Waals surface area contributed by atoms with Crippen molar-refractivity contribution in [1.29, 1.82) is 0 Å². The first-order valence-corrected chi connectivity index (χ1v) is 6.66. The van der Waals surface area contributed by atoms with Crippen molar-refractivity contribution in [2.45, 2.75) is 44.2 Å². The van der Waals surface area contributed by atoms with Crippen LogP contribution in [0.4, 0.5) is 4.79 Å². The fourth-order valence-corrected chi connectivity index (χ4v) is 2.62. The molecule has 3 N–H and O–H groups in total. The van der Waals surface area contributed by atoms with Crippen LogP contribution < -0.4 is 11.1 Å². The van der Waals surface area contributed by atoms with E-state index >= 15 is 0 Å². The Balaban J connectivity index is 1.84. The van der Waals surface area contributed by atoms with E-state index in [1.165, 1.54) is 19.3 Å². The van der Waals surface area contributed by atoms with Crippen LogP contribution in [0.5, 0.6) is 0 Å². The van der Waals surface area contributed by atoms with Crippen LogP contribution in [0.2, 0.25) is 0 Å². The molecule has 0 bridgehead atoms. The lowest BCUT2D eigenvalue weighted by Crippen LogP contribution is -2.56. The molecule has 1 aliphatic carbocycles. The molecule has 0 aromatic heterocycles. The fourth-order valence-electron chi connectivity index (χ4n) is 2.62. The zero-order chi connectivity index (χ0) is 12.1. The summed E-state index contributed by atoms with van der Waals surface area (Å²) in [6, 6.07) is 0.431. The largest absolute Gasteiger partial charge is 0.377 e. The van der Waals surface area contributed by atoms with Gasteiger partial charge in [0.15, 0.2) is 0 Å². The average molecular weight is 241 g/mol. The third-order valence-electron chi connectivity index (χ3n) is 3.69. The van der Waals surface area contributed by atoms with E-state index in [0.717, 1.165) is 12.8 Å². The Hall–Kier alpha value is -0.810. The van der Waals surface area contributed by atoms with Gasteiger partial charge in [0.25, 0.3) is 0 Å². The highest BCUT2D eigenvalue weighted by Gasteiger charge is 2.27. The van der Waals surface area contributed by atoms with E-state index < -0.39 is 0 Å². The van der Waals surface area contributed by atoms with Crippen molar-refractivity contribution in [3.63, 3.8) is 0 Å². The maximum absolute atomic E-state index is 12.1. The molecule has 0 aromatic rings. The monoisotopic (exact) mass is 241 g/mol. The molecule has 2 aliphatic rings.